The zero-order chi connectivity index (χ0) is 20.7. The van der Waals surface area contributed by atoms with Crippen LogP contribution in [0.2, 0.25) is 0 Å². The van der Waals surface area contributed by atoms with E-state index in [-0.39, 0.29) is 11.3 Å². The monoisotopic (exact) mass is 411 g/mol. The van der Waals surface area contributed by atoms with Gasteiger partial charge in [-0.05, 0) is 6.92 Å². The molecule has 5 rings (SSSR count). The molecule has 0 saturated carbocycles. The lowest BCUT2D eigenvalue weighted by atomic mass is 9.91. The van der Waals surface area contributed by atoms with Crippen LogP contribution in [-0.4, -0.2) is 64.1 Å². The van der Waals surface area contributed by atoms with Gasteiger partial charge in [0.2, 0.25) is 0 Å². The number of halogens is 1. The maximum Gasteiger partial charge on any atom is 0.275 e. The third-order valence-corrected chi connectivity index (χ3v) is 5.51. The van der Waals surface area contributed by atoms with Crippen molar-refractivity contribution in [1.29, 1.82) is 0 Å². The number of morpholine rings is 1. The van der Waals surface area contributed by atoms with Gasteiger partial charge in [-0.3, -0.25) is 4.79 Å². The summed E-state index contributed by atoms with van der Waals surface area (Å²) in [5.74, 6) is 0.301. The van der Waals surface area contributed by atoms with Gasteiger partial charge in [0.15, 0.2) is 11.5 Å². The van der Waals surface area contributed by atoms with Gasteiger partial charge in [-0.2, -0.15) is 0 Å². The minimum Gasteiger partial charge on any atom is -0.379 e. The molecule has 0 aliphatic carbocycles. The lowest BCUT2D eigenvalue weighted by Crippen LogP contribution is -2.59. The van der Waals surface area contributed by atoms with Gasteiger partial charge in [0.05, 0.1) is 37.0 Å². The first kappa shape index (κ1) is 18.9. The van der Waals surface area contributed by atoms with E-state index in [1.54, 1.807) is 29.9 Å². The smallest absolute Gasteiger partial charge is 0.275 e. The number of rotatable bonds is 4. The number of hydrogen-bond donors (Lipinski definition) is 2. The molecular weight excluding hydrogens is 389 g/mol. The number of carbonyl (C=O) groups excluding carboxylic acids is 1. The molecule has 30 heavy (non-hydrogen) atoms. The van der Waals surface area contributed by atoms with Crippen LogP contribution in [0.3, 0.4) is 0 Å². The SMILES string of the molecule is Cc1cn2cc(NC(=O)c3cnc(N4CC([C@@H]5COCCN5)C4)cn3)cc(F)c2n1. The number of pyridine rings is 1. The predicted molar refractivity (Wildman–Crippen MR) is 108 cm³/mol. The number of nitrogens with zero attached hydrogens (tertiary/aromatic N) is 5. The molecule has 0 unspecified atom stereocenters. The number of fused-ring (bicyclic) bond motifs is 1. The van der Waals surface area contributed by atoms with Crippen LogP contribution in [0.25, 0.3) is 5.65 Å². The van der Waals surface area contributed by atoms with Crippen molar-refractivity contribution in [2.24, 2.45) is 5.92 Å². The number of hydrogen-bond acceptors (Lipinski definition) is 7. The number of anilines is 2. The van der Waals surface area contributed by atoms with Gasteiger partial charge in [-0.15, -0.1) is 0 Å². The van der Waals surface area contributed by atoms with Crippen molar-refractivity contribution in [2.75, 3.05) is 43.1 Å². The highest BCUT2D eigenvalue weighted by molar-refractivity contribution is 6.02. The molecule has 2 fully saturated rings. The molecular formula is C20H22FN7O2. The van der Waals surface area contributed by atoms with Gasteiger partial charge in [-0.1, -0.05) is 0 Å². The van der Waals surface area contributed by atoms with E-state index in [4.69, 9.17) is 4.74 Å². The first-order valence-corrected chi connectivity index (χ1v) is 9.91. The molecule has 1 atom stereocenters. The number of amides is 1. The van der Waals surface area contributed by atoms with E-state index in [1.807, 2.05) is 0 Å². The van der Waals surface area contributed by atoms with Gasteiger partial charge in [0, 0.05) is 50.1 Å². The molecule has 2 N–H and O–H groups in total. The average Bonchev–Trinajstić information content (AvgIpc) is 3.09. The molecule has 5 heterocycles. The quantitative estimate of drug-likeness (QED) is 0.667. The fourth-order valence-corrected chi connectivity index (χ4v) is 3.89. The van der Waals surface area contributed by atoms with Crippen molar-refractivity contribution in [1.82, 2.24) is 24.7 Å². The molecule has 9 nitrogen and oxygen atoms in total. The maximum absolute atomic E-state index is 14.2. The fourth-order valence-electron chi connectivity index (χ4n) is 3.89. The Bertz CT molecular complexity index is 1070. The van der Waals surface area contributed by atoms with Crippen LogP contribution in [0.5, 0.6) is 0 Å². The fraction of sp³-hybridized carbons (Fsp3) is 0.400. The molecule has 0 aromatic carbocycles. The minimum atomic E-state index is -0.507. The maximum atomic E-state index is 14.2. The first-order valence-electron chi connectivity index (χ1n) is 9.91. The zero-order valence-corrected chi connectivity index (χ0v) is 16.5. The summed E-state index contributed by atoms with van der Waals surface area (Å²) in [6, 6.07) is 1.62. The normalized spacial score (nSPS) is 19.7. The Balaban J connectivity index is 1.22. The van der Waals surface area contributed by atoms with Crippen LogP contribution >= 0.6 is 0 Å². The molecule has 3 aromatic rings. The summed E-state index contributed by atoms with van der Waals surface area (Å²) in [5.41, 5.74) is 1.40. The van der Waals surface area contributed by atoms with E-state index in [2.05, 4.69) is 30.5 Å². The molecule has 2 aliphatic rings. The van der Waals surface area contributed by atoms with Crippen molar-refractivity contribution in [3.63, 3.8) is 0 Å². The summed E-state index contributed by atoms with van der Waals surface area (Å²) in [5, 5.41) is 6.14. The van der Waals surface area contributed by atoms with Crippen molar-refractivity contribution in [2.45, 2.75) is 13.0 Å². The Hall–Kier alpha value is -3.11. The van der Waals surface area contributed by atoms with Crippen molar-refractivity contribution >= 4 is 23.1 Å². The third kappa shape index (κ3) is 3.59. The summed E-state index contributed by atoms with van der Waals surface area (Å²) in [4.78, 5) is 27.3. The van der Waals surface area contributed by atoms with Crippen LogP contribution < -0.4 is 15.5 Å². The molecule has 156 valence electrons. The number of aryl methyl sites for hydroxylation is 1. The average molecular weight is 411 g/mol. The number of ether oxygens (including phenoxy) is 1. The largest absolute Gasteiger partial charge is 0.379 e. The second kappa shape index (κ2) is 7.62. The number of carbonyl (C=O) groups is 1. The van der Waals surface area contributed by atoms with Crippen LogP contribution in [0.1, 0.15) is 16.2 Å². The summed E-state index contributed by atoms with van der Waals surface area (Å²) < 4.78 is 21.3. The number of nitrogens with one attached hydrogen (secondary N) is 2. The molecule has 1 amide bonds. The Morgan fingerprint density at radius 1 is 1.30 bits per heavy atom. The Kier molecular flexibility index (Phi) is 4.80. The van der Waals surface area contributed by atoms with E-state index in [9.17, 15) is 9.18 Å². The molecule has 0 radical (unpaired) electrons. The van der Waals surface area contributed by atoms with E-state index in [0.29, 0.717) is 23.3 Å². The molecule has 0 bridgehead atoms. The lowest BCUT2D eigenvalue weighted by molar-refractivity contribution is 0.0507. The number of aromatic nitrogens is 4. The van der Waals surface area contributed by atoms with Gasteiger partial charge in [-0.25, -0.2) is 19.3 Å². The van der Waals surface area contributed by atoms with Crippen LogP contribution in [0.15, 0.2) is 30.9 Å². The van der Waals surface area contributed by atoms with Crippen LogP contribution in [-0.2, 0) is 4.74 Å². The van der Waals surface area contributed by atoms with Crippen molar-refractivity contribution in [3.05, 3.63) is 48.1 Å². The second-order valence-electron chi connectivity index (χ2n) is 7.70. The topological polar surface area (TPSA) is 96.7 Å². The minimum absolute atomic E-state index is 0.167. The highest BCUT2D eigenvalue weighted by atomic mass is 19.1. The van der Waals surface area contributed by atoms with E-state index in [1.165, 1.54) is 12.3 Å². The zero-order valence-electron chi connectivity index (χ0n) is 16.5. The van der Waals surface area contributed by atoms with Crippen molar-refractivity contribution < 1.29 is 13.9 Å². The summed E-state index contributed by atoms with van der Waals surface area (Å²) in [7, 11) is 0. The van der Waals surface area contributed by atoms with Gasteiger partial charge in [0.1, 0.15) is 11.5 Å². The Labute approximate surface area is 172 Å². The standard InChI is InChI=1S/C20H22FN7O2/c1-12-7-28-10-14(4-15(21)19(28)25-12)26-20(29)16-5-24-18(6-23-16)27-8-13(9-27)17-11-30-3-2-22-17/h4-7,10,13,17,22H,2-3,8-9,11H2,1H3,(H,26,29)/t17-/m0/s1. The first-order chi connectivity index (χ1) is 14.6. The van der Waals surface area contributed by atoms with Crippen LogP contribution in [0, 0.1) is 18.7 Å². The van der Waals surface area contributed by atoms with E-state index < -0.39 is 11.7 Å². The van der Waals surface area contributed by atoms with Gasteiger partial charge < -0.3 is 24.7 Å². The Morgan fingerprint density at radius 2 is 2.17 bits per heavy atom. The summed E-state index contributed by atoms with van der Waals surface area (Å²) in [6.45, 7) is 5.94. The lowest BCUT2D eigenvalue weighted by Gasteiger charge is -2.45. The third-order valence-electron chi connectivity index (χ3n) is 5.51. The molecule has 3 aromatic heterocycles. The highest BCUT2D eigenvalue weighted by Gasteiger charge is 2.35. The number of imidazole rings is 1. The second-order valence-corrected chi connectivity index (χ2v) is 7.70. The highest BCUT2D eigenvalue weighted by Crippen LogP contribution is 2.25. The van der Waals surface area contributed by atoms with Gasteiger partial charge >= 0.3 is 0 Å². The summed E-state index contributed by atoms with van der Waals surface area (Å²) in [6.07, 6.45) is 6.34. The summed E-state index contributed by atoms with van der Waals surface area (Å²) >= 11 is 0. The van der Waals surface area contributed by atoms with E-state index in [0.717, 1.165) is 38.7 Å². The van der Waals surface area contributed by atoms with Gasteiger partial charge in [0.25, 0.3) is 5.91 Å². The predicted octanol–water partition coefficient (Wildman–Crippen LogP) is 1.25. The molecule has 0 spiro atoms. The van der Waals surface area contributed by atoms with Crippen LogP contribution in [0.4, 0.5) is 15.9 Å². The Morgan fingerprint density at radius 3 is 2.90 bits per heavy atom. The molecule has 10 heteroatoms. The molecule has 2 aliphatic heterocycles. The molecule has 2 saturated heterocycles. The van der Waals surface area contributed by atoms with E-state index >= 15 is 0 Å². The van der Waals surface area contributed by atoms with Crippen molar-refractivity contribution in [3.8, 4) is 0 Å².